The van der Waals surface area contributed by atoms with Gasteiger partial charge in [-0.15, -0.1) is 0 Å². The predicted octanol–water partition coefficient (Wildman–Crippen LogP) is 1.46. The average Bonchev–Trinajstić information content (AvgIpc) is 2.45. The lowest BCUT2D eigenvalue weighted by Gasteiger charge is -2.37. The molecule has 2 atom stereocenters. The van der Waals surface area contributed by atoms with Crippen LogP contribution < -0.4 is 5.32 Å². The van der Waals surface area contributed by atoms with Crippen molar-refractivity contribution in [1.29, 1.82) is 0 Å². The monoisotopic (exact) mass is 282 g/mol. The van der Waals surface area contributed by atoms with Crippen molar-refractivity contribution in [2.24, 2.45) is 0 Å². The van der Waals surface area contributed by atoms with Gasteiger partial charge in [0, 0.05) is 6.54 Å². The van der Waals surface area contributed by atoms with Crippen LogP contribution in [-0.2, 0) is 14.3 Å². The molecule has 1 N–H and O–H groups in total. The second-order valence-corrected chi connectivity index (χ2v) is 5.82. The minimum atomic E-state index is -0.417. The fourth-order valence-electron chi connectivity index (χ4n) is 3.14. The molecule has 1 saturated heterocycles. The van der Waals surface area contributed by atoms with Gasteiger partial charge in [-0.2, -0.15) is 0 Å². The molecule has 114 valence electrons. The molecule has 2 aliphatic rings. The van der Waals surface area contributed by atoms with E-state index < -0.39 is 6.04 Å². The van der Waals surface area contributed by atoms with E-state index in [9.17, 15) is 9.59 Å². The summed E-state index contributed by atoms with van der Waals surface area (Å²) in [5.41, 5.74) is 0. The molecule has 1 aliphatic carbocycles. The first-order chi connectivity index (χ1) is 9.63. The van der Waals surface area contributed by atoms with Gasteiger partial charge in [0.2, 0.25) is 11.8 Å². The first-order valence-electron chi connectivity index (χ1n) is 7.86. The van der Waals surface area contributed by atoms with Crippen LogP contribution in [0.4, 0.5) is 0 Å². The Balaban J connectivity index is 1.84. The van der Waals surface area contributed by atoms with Crippen LogP contribution in [0.5, 0.6) is 0 Å². The standard InChI is InChI=1S/C15H26N2O3/c1-3-13-14(18)16-11(2)15(19)17(13)9-10-20-12-7-5-4-6-8-12/h11-13H,3-10H2,1-2H3,(H,16,18). The Hall–Kier alpha value is -1.10. The largest absolute Gasteiger partial charge is 0.376 e. The van der Waals surface area contributed by atoms with Crippen LogP contribution >= 0.6 is 0 Å². The van der Waals surface area contributed by atoms with E-state index in [0.29, 0.717) is 25.7 Å². The lowest BCUT2D eigenvalue weighted by Crippen LogP contribution is -2.62. The first kappa shape index (κ1) is 15.3. The van der Waals surface area contributed by atoms with E-state index in [0.717, 1.165) is 12.8 Å². The summed E-state index contributed by atoms with van der Waals surface area (Å²) < 4.78 is 5.87. The quantitative estimate of drug-likeness (QED) is 0.830. The highest BCUT2D eigenvalue weighted by molar-refractivity contribution is 5.96. The van der Waals surface area contributed by atoms with Crippen LogP contribution in [0.1, 0.15) is 52.4 Å². The van der Waals surface area contributed by atoms with Gasteiger partial charge in [0.25, 0.3) is 0 Å². The zero-order valence-corrected chi connectivity index (χ0v) is 12.6. The van der Waals surface area contributed by atoms with Gasteiger partial charge in [-0.1, -0.05) is 26.2 Å². The summed E-state index contributed by atoms with van der Waals surface area (Å²) in [5.74, 6) is -0.0408. The van der Waals surface area contributed by atoms with Gasteiger partial charge in [-0.25, -0.2) is 0 Å². The summed E-state index contributed by atoms with van der Waals surface area (Å²) in [7, 11) is 0. The molecule has 0 aromatic rings. The summed E-state index contributed by atoms with van der Waals surface area (Å²) in [6.45, 7) is 4.72. The molecule has 1 heterocycles. The molecule has 2 rings (SSSR count). The van der Waals surface area contributed by atoms with Crippen molar-refractivity contribution < 1.29 is 14.3 Å². The van der Waals surface area contributed by atoms with Crippen molar-refractivity contribution in [2.75, 3.05) is 13.2 Å². The molecule has 1 saturated carbocycles. The number of nitrogens with zero attached hydrogens (tertiary/aromatic N) is 1. The Morgan fingerprint density at radius 2 is 1.95 bits per heavy atom. The van der Waals surface area contributed by atoms with Crippen molar-refractivity contribution in [3.05, 3.63) is 0 Å². The average molecular weight is 282 g/mol. The third-order valence-corrected chi connectivity index (χ3v) is 4.32. The Morgan fingerprint density at radius 1 is 1.25 bits per heavy atom. The molecule has 2 fully saturated rings. The second-order valence-electron chi connectivity index (χ2n) is 5.82. The van der Waals surface area contributed by atoms with Crippen LogP contribution in [0.15, 0.2) is 0 Å². The normalized spacial score (nSPS) is 28.6. The maximum Gasteiger partial charge on any atom is 0.245 e. The minimum Gasteiger partial charge on any atom is -0.376 e. The molecule has 0 bridgehead atoms. The van der Waals surface area contributed by atoms with Crippen molar-refractivity contribution in [2.45, 2.75) is 70.6 Å². The summed E-state index contributed by atoms with van der Waals surface area (Å²) in [4.78, 5) is 25.8. The van der Waals surface area contributed by atoms with Crippen molar-refractivity contribution in [3.8, 4) is 0 Å². The van der Waals surface area contributed by atoms with Crippen molar-refractivity contribution >= 4 is 11.8 Å². The summed E-state index contributed by atoms with van der Waals surface area (Å²) in [5, 5.41) is 2.73. The molecule has 5 nitrogen and oxygen atoms in total. The van der Waals surface area contributed by atoms with Crippen LogP contribution in [0.3, 0.4) is 0 Å². The maximum absolute atomic E-state index is 12.2. The van der Waals surface area contributed by atoms with Crippen LogP contribution in [0.2, 0.25) is 0 Å². The van der Waals surface area contributed by atoms with Gasteiger partial charge in [-0.05, 0) is 26.2 Å². The molecule has 0 radical (unpaired) electrons. The lowest BCUT2D eigenvalue weighted by molar-refractivity contribution is -0.150. The number of carbonyl (C=O) groups excluding carboxylic acids is 2. The molecule has 0 aromatic heterocycles. The molecular weight excluding hydrogens is 256 g/mol. The number of piperazine rings is 1. The van der Waals surface area contributed by atoms with E-state index in [1.54, 1.807) is 11.8 Å². The van der Waals surface area contributed by atoms with Gasteiger partial charge in [0.15, 0.2) is 0 Å². The van der Waals surface area contributed by atoms with Gasteiger partial charge in [0.05, 0.1) is 12.7 Å². The smallest absolute Gasteiger partial charge is 0.245 e. The summed E-state index contributed by atoms with van der Waals surface area (Å²) in [6, 6.07) is -0.756. The highest BCUT2D eigenvalue weighted by atomic mass is 16.5. The van der Waals surface area contributed by atoms with Crippen molar-refractivity contribution in [3.63, 3.8) is 0 Å². The Morgan fingerprint density at radius 3 is 2.60 bits per heavy atom. The Bertz CT molecular complexity index is 353. The number of hydrogen-bond donors (Lipinski definition) is 1. The summed E-state index contributed by atoms with van der Waals surface area (Å²) >= 11 is 0. The van der Waals surface area contributed by atoms with Crippen LogP contribution in [0, 0.1) is 0 Å². The van der Waals surface area contributed by atoms with E-state index in [2.05, 4.69) is 5.32 Å². The second kappa shape index (κ2) is 7.07. The Labute approximate surface area is 121 Å². The maximum atomic E-state index is 12.2. The summed E-state index contributed by atoms with van der Waals surface area (Å²) in [6.07, 6.45) is 7.03. The molecule has 2 unspecified atom stereocenters. The fraction of sp³-hybridized carbons (Fsp3) is 0.867. The molecule has 2 amide bonds. The van der Waals surface area contributed by atoms with E-state index in [1.165, 1.54) is 19.3 Å². The number of carbonyl (C=O) groups is 2. The predicted molar refractivity (Wildman–Crippen MR) is 76.2 cm³/mol. The molecule has 5 heteroatoms. The molecule has 20 heavy (non-hydrogen) atoms. The Kier molecular flexibility index (Phi) is 5.40. The number of amides is 2. The molecule has 0 spiro atoms. The third-order valence-electron chi connectivity index (χ3n) is 4.32. The first-order valence-corrected chi connectivity index (χ1v) is 7.86. The fourth-order valence-corrected chi connectivity index (χ4v) is 3.14. The highest BCUT2D eigenvalue weighted by Crippen LogP contribution is 2.20. The van der Waals surface area contributed by atoms with E-state index in [1.807, 2.05) is 6.92 Å². The van der Waals surface area contributed by atoms with Crippen molar-refractivity contribution in [1.82, 2.24) is 10.2 Å². The third kappa shape index (κ3) is 3.51. The van der Waals surface area contributed by atoms with Crippen LogP contribution in [0.25, 0.3) is 0 Å². The highest BCUT2D eigenvalue weighted by Gasteiger charge is 2.37. The number of rotatable bonds is 5. The van der Waals surface area contributed by atoms with Gasteiger partial charge in [-0.3, -0.25) is 9.59 Å². The lowest BCUT2D eigenvalue weighted by atomic mass is 9.98. The van der Waals surface area contributed by atoms with Gasteiger partial charge >= 0.3 is 0 Å². The minimum absolute atomic E-state index is 0.00342. The van der Waals surface area contributed by atoms with Crippen LogP contribution in [-0.4, -0.2) is 48.1 Å². The zero-order valence-electron chi connectivity index (χ0n) is 12.6. The number of nitrogens with one attached hydrogen (secondary N) is 1. The zero-order chi connectivity index (χ0) is 14.5. The molecule has 0 aromatic carbocycles. The van der Waals surface area contributed by atoms with E-state index >= 15 is 0 Å². The van der Waals surface area contributed by atoms with Gasteiger partial charge < -0.3 is 15.0 Å². The number of hydrogen-bond acceptors (Lipinski definition) is 3. The van der Waals surface area contributed by atoms with Gasteiger partial charge in [0.1, 0.15) is 12.1 Å². The van der Waals surface area contributed by atoms with E-state index in [-0.39, 0.29) is 17.9 Å². The SMILES string of the molecule is CCC1C(=O)NC(C)C(=O)N1CCOC1CCCCC1. The molecule has 1 aliphatic heterocycles. The number of ether oxygens (including phenoxy) is 1. The van der Waals surface area contributed by atoms with E-state index in [4.69, 9.17) is 4.74 Å². The molecular formula is C15H26N2O3. The topological polar surface area (TPSA) is 58.6 Å².